The molecule has 2 aliphatic heterocycles. The first-order valence-corrected chi connectivity index (χ1v) is 14.6. The van der Waals surface area contributed by atoms with Crippen molar-refractivity contribution in [3.63, 3.8) is 0 Å². The van der Waals surface area contributed by atoms with E-state index in [0.29, 0.717) is 60.8 Å². The van der Waals surface area contributed by atoms with Crippen molar-refractivity contribution in [2.75, 3.05) is 38.9 Å². The number of methoxy groups -OCH3 is 2. The van der Waals surface area contributed by atoms with Crippen molar-refractivity contribution in [2.24, 2.45) is 5.16 Å². The topological polar surface area (TPSA) is 98.6 Å². The number of hydrogen-bond acceptors (Lipinski definition) is 9. The van der Waals surface area contributed by atoms with E-state index < -0.39 is 0 Å². The SMILES string of the molecule is C/C=C(/C)O/N=C/CN1Cc2ccc(-c3nc(N(Cc4ccc(OC)cc4OC)C4CCOCC4)ncc3Cl)cc2C1=O. The molecule has 43 heavy (non-hydrogen) atoms. The van der Waals surface area contributed by atoms with Crippen LogP contribution in [0, 0.1) is 0 Å². The minimum Gasteiger partial charge on any atom is -0.497 e. The number of benzene rings is 2. The average Bonchev–Trinajstić information content (AvgIpc) is 3.36. The quantitative estimate of drug-likeness (QED) is 0.152. The molecule has 5 rings (SSSR count). The molecule has 0 atom stereocenters. The number of oxime groups is 1. The lowest BCUT2D eigenvalue weighted by Crippen LogP contribution is -2.40. The van der Waals surface area contributed by atoms with Crippen molar-refractivity contribution in [2.45, 2.75) is 45.8 Å². The molecule has 3 heterocycles. The summed E-state index contributed by atoms with van der Waals surface area (Å²) in [5.41, 5.74) is 3.85. The average molecular weight is 606 g/mol. The molecule has 2 aliphatic rings. The molecule has 1 saturated heterocycles. The Morgan fingerprint density at radius 1 is 1.19 bits per heavy atom. The maximum atomic E-state index is 13.2. The molecule has 0 bridgehead atoms. The van der Waals surface area contributed by atoms with E-state index in [1.165, 1.54) is 0 Å². The predicted octanol–water partition coefficient (Wildman–Crippen LogP) is 5.88. The van der Waals surface area contributed by atoms with Gasteiger partial charge in [-0.05, 0) is 56.5 Å². The molecule has 0 unspecified atom stereocenters. The smallest absolute Gasteiger partial charge is 0.254 e. The third-order valence-electron chi connectivity index (χ3n) is 7.70. The maximum Gasteiger partial charge on any atom is 0.254 e. The first kappa shape index (κ1) is 30.3. The van der Waals surface area contributed by atoms with Gasteiger partial charge in [0.2, 0.25) is 5.95 Å². The molecule has 1 fully saturated rings. The summed E-state index contributed by atoms with van der Waals surface area (Å²) in [4.78, 5) is 32.0. The molecular formula is C32H36ClN5O5. The summed E-state index contributed by atoms with van der Waals surface area (Å²) in [6, 6.07) is 11.7. The Morgan fingerprint density at radius 3 is 2.74 bits per heavy atom. The Hall–Kier alpha value is -4.15. The van der Waals surface area contributed by atoms with Crippen LogP contribution in [-0.2, 0) is 22.7 Å². The van der Waals surface area contributed by atoms with Crippen molar-refractivity contribution < 1.29 is 23.8 Å². The standard InChI is InChI=1S/C32H36ClN5O5/c1-5-21(2)43-35-12-13-37-19-23-7-6-22(16-27(23)31(37)39)30-28(33)18-34-32(36-30)38(25-10-14-42-15-11-25)20-24-8-9-26(40-3)17-29(24)41-4/h5-9,12,16-18,25H,10-11,13-15,19-20H2,1-4H3/b21-5-,35-12+. The van der Waals surface area contributed by atoms with Crippen LogP contribution >= 0.6 is 11.6 Å². The lowest BCUT2D eigenvalue weighted by molar-refractivity contribution is 0.0801. The number of anilines is 1. The zero-order valence-corrected chi connectivity index (χ0v) is 25.6. The fourth-order valence-electron chi connectivity index (χ4n) is 5.19. The second-order valence-electron chi connectivity index (χ2n) is 10.4. The van der Waals surface area contributed by atoms with Gasteiger partial charge in [-0.3, -0.25) is 4.79 Å². The number of fused-ring (bicyclic) bond motifs is 1. The lowest BCUT2D eigenvalue weighted by atomic mass is 10.0. The van der Waals surface area contributed by atoms with Crippen molar-refractivity contribution in [1.29, 1.82) is 0 Å². The molecule has 226 valence electrons. The lowest BCUT2D eigenvalue weighted by Gasteiger charge is -2.35. The number of hydrogen-bond donors (Lipinski definition) is 0. The van der Waals surface area contributed by atoms with Gasteiger partial charge in [-0.1, -0.05) is 28.9 Å². The molecule has 1 aromatic heterocycles. The summed E-state index contributed by atoms with van der Waals surface area (Å²) < 4.78 is 16.7. The number of ether oxygens (including phenoxy) is 3. The highest BCUT2D eigenvalue weighted by atomic mass is 35.5. The number of carbonyl (C=O) groups excluding carboxylic acids is 1. The van der Waals surface area contributed by atoms with E-state index in [0.717, 1.165) is 41.0 Å². The van der Waals surface area contributed by atoms with E-state index in [4.69, 9.17) is 35.6 Å². The molecule has 2 aromatic carbocycles. The van der Waals surface area contributed by atoms with Gasteiger partial charge >= 0.3 is 0 Å². The highest BCUT2D eigenvalue weighted by molar-refractivity contribution is 6.33. The zero-order chi connectivity index (χ0) is 30.3. The van der Waals surface area contributed by atoms with Crippen LogP contribution in [0.2, 0.25) is 5.02 Å². The Bertz CT molecular complexity index is 1520. The van der Waals surface area contributed by atoms with Crippen LogP contribution in [0.25, 0.3) is 11.3 Å². The van der Waals surface area contributed by atoms with E-state index in [9.17, 15) is 4.79 Å². The third-order valence-corrected chi connectivity index (χ3v) is 7.97. The van der Waals surface area contributed by atoms with Gasteiger partial charge in [0.25, 0.3) is 5.91 Å². The van der Waals surface area contributed by atoms with Gasteiger partial charge in [0.1, 0.15) is 17.3 Å². The molecule has 0 spiro atoms. The molecule has 10 nitrogen and oxygen atoms in total. The van der Waals surface area contributed by atoms with Gasteiger partial charge in [-0.2, -0.15) is 0 Å². The summed E-state index contributed by atoms with van der Waals surface area (Å²) in [5, 5.41) is 4.35. The number of carbonyl (C=O) groups is 1. The highest BCUT2D eigenvalue weighted by Gasteiger charge is 2.29. The largest absolute Gasteiger partial charge is 0.497 e. The van der Waals surface area contributed by atoms with Gasteiger partial charge in [-0.25, -0.2) is 9.97 Å². The first-order chi connectivity index (χ1) is 20.9. The van der Waals surface area contributed by atoms with Gasteiger partial charge in [0.15, 0.2) is 0 Å². The number of nitrogens with zero attached hydrogens (tertiary/aromatic N) is 5. The van der Waals surface area contributed by atoms with Crippen LogP contribution in [0.5, 0.6) is 11.5 Å². The molecule has 3 aromatic rings. The van der Waals surface area contributed by atoms with Crippen LogP contribution in [0.1, 0.15) is 48.2 Å². The summed E-state index contributed by atoms with van der Waals surface area (Å²) >= 11 is 6.67. The second-order valence-corrected chi connectivity index (χ2v) is 10.8. The minimum absolute atomic E-state index is 0.0770. The summed E-state index contributed by atoms with van der Waals surface area (Å²) in [6.07, 6.45) is 6.71. The summed E-state index contributed by atoms with van der Waals surface area (Å²) in [5.74, 6) is 2.60. The van der Waals surface area contributed by atoms with E-state index in [2.05, 4.69) is 15.0 Å². The number of rotatable bonds is 11. The van der Waals surface area contributed by atoms with Gasteiger partial charge in [0.05, 0.1) is 43.9 Å². The molecule has 11 heteroatoms. The summed E-state index contributed by atoms with van der Waals surface area (Å²) in [6.45, 7) is 6.37. The first-order valence-electron chi connectivity index (χ1n) is 14.2. The van der Waals surface area contributed by atoms with Crippen LogP contribution < -0.4 is 14.4 Å². The molecule has 0 radical (unpaired) electrons. The fraction of sp³-hybridized carbons (Fsp3) is 0.375. The number of halogens is 1. The Kier molecular flexibility index (Phi) is 9.79. The van der Waals surface area contributed by atoms with Crippen molar-refractivity contribution in [1.82, 2.24) is 14.9 Å². The van der Waals surface area contributed by atoms with Gasteiger partial charge in [0, 0.05) is 55.1 Å². The van der Waals surface area contributed by atoms with Crippen LogP contribution in [0.3, 0.4) is 0 Å². The molecule has 0 saturated carbocycles. The van der Waals surface area contributed by atoms with Crippen molar-refractivity contribution in [3.05, 3.63) is 76.1 Å². The molecule has 0 N–H and O–H groups in total. The number of aromatic nitrogens is 2. The van der Waals surface area contributed by atoms with E-state index >= 15 is 0 Å². The van der Waals surface area contributed by atoms with E-state index in [-0.39, 0.29) is 11.9 Å². The third kappa shape index (κ3) is 6.92. The predicted molar refractivity (Wildman–Crippen MR) is 166 cm³/mol. The minimum atomic E-state index is -0.0770. The number of amides is 1. The van der Waals surface area contributed by atoms with E-state index in [1.807, 2.05) is 56.3 Å². The maximum absolute atomic E-state index is 13.2. The van der Waals surface area contributed by atoms with Gasteiger partial charge < -0.3 is 28.8 Å². The van der Waals surface area contributed by atoms with Crippen molar-refractivity contribution in [3.8, 4) is 22.8 Å². The molecule has 1 amide bonds. The van der Waals surface area contributed by atoms with E-state index in [1.54, 1.807) is 31.5 Å². The highest BCUT2D eigenvalue weighted by Crippen LogP contribution is 2.34. The normalized spacial score (nSPS) is 15.6. The summed E-state index contributed by atoms with van der Waals surface area (Å²) in [7, 11) is 3.28. The Balaban J connectivity index is 1.42. The van der Waals surface area contributed by atoms with Crippen LogP contribution in [0.15, 0.2) is 59.6 Å². The van der Waals surface area contributed by atoms with Crippen LogP contribution in [-0.4, -0.2) is 67.0 Å². The Labute approximate surface area is 256 Å². The fourth-order valence-corrected chi connectivity index (χ4v) is 5.39. The van der Waals surface area contributed by atoms with Gasteiger partial charge in [-0.15, -0.1) is 0 Å². The second kappa shape index (κ2) is 13.9. The van der Waals surface area contributed by atoms with Crippen LogP contribution in [0.4, 0.5) is 5.95 Å². The molecule has 0 aliphatic carbocycles. The van der Waals surface area contributed by atoms with Crippen molar-refractivity contribution >= 4 is 29.7 Å². The zero-order valence-electron chi connectivity index (χ0n) is 24.9. The molecular weight excluding hydrogens is 570 g/mol. The Morgan fingerprint density at radius 2 is 2.00 bits per heavy atom. The number of allylic oxidation sites excluding steroid dienone is 2. The monoisotopic (exact) mass is 605 g/mol.